The van der Waals surface area contributed by atoms with Gasteiger partial charge in [0.15, 0.2) is 0 Å². The summed E-state index contributed by atoms with van der Waals surface area (Å²) in [6, 6.07) is 7.17. The zero-order valence-corrected chi connectivity index (χ0v) is 7.95. The molecule has 4 nitrogen and oxygen atoms in total. The molecule has 1 amide bonds. The number of benzene rings is 1. The van der Waals surface area contributed by atoms with Gasteiger partial charge in [0.05, 0.1) is 5.71 Å². The third-order valence-corrected chi connectivity index (χ3v) is 2.43. The van der Waals surface area contributed by atoms with E-state index in [1.54, 1.807) is 12.1 Å². The van der Waals surface area contributed by atoms with Gasteiger partial charge < -0.3 is 10.8 Å². The average molecular weight is 202 g/mol. The standard InChI is InChI=1S/C11H10N2O2/c12-10-7-4-2-1-3-6(7)5-8(14)9(10)11(13)15/h1-4,12,14H,5H2,(H2,13,15). The van der Waals surface area contributed by atoms with Gasteiger partial charge >= 0.3 is 0 Å². The van der Waals surface area contributed by atoms with Gasteiger partial charge in [-0.2, -0.15) is 0 Å². The Bertz CT molecular complexity index is 489. The zero-order valence-electron chi connectivity index (χ0n) is 7.95. The van der Waals surface area contributed by atoms with E-state index < -0.39 is 5.91 Å². The predicted molar refractivity (Wildman–Crippen MR) is 55.8 cm³/mol. The van der Waals surface area contributed by atoms with Crippen LogP contribution in [0, 0.1) is 5.41 Å². The average Bonchev–Trinajstić information content (AvgIpc) is 2.17. The molecular formula is C11H10N2O2. The van der Waals surface area contributed by atoms with E-state index in [9.17, 15) is 9.90 Å². The van der Waals surface area contributed by atoms with E-state index in [2.05, 4.69) is 0 Å². The van der Waals surface area contributed by atoms with Gasteiger partial charge in [0.1, 0.15) is 11.3 Å². The first-order valence-electron chi connectivity index (χ1n) is 4.50. The molecule has 1 aliphatic rings. The van der Waals surface area contributed by atoms with Crippen molar-refractivity contribution in [2.24, 2.45) is 5.73 Å². The molecule has 0 atom stereocenters. The molecule has 1 aromatic carbocycles. The fraction of sp³-hybridized carbons (Fsp3) is 0.0909. The monoisotopic (exact) mass is 202 g/mol. The summed E-state index contributed by atoms with van der Waals surface area (Å²) < 4.78 is 0. The number of carbonyl (C=O) groups excluding carboxylic acids is 1. The van der Waals surface area contributed by atoms with Crippen LogP contribution < -0.4 is 5.73 Å². The van der Waals surface area contributed by atoms with Crippen molar-refractivity contribution < 1.29 is 9.90 Å². The fourth-order valence-electron chi connectivity index (χ4n) is 1.73. The smallest absolute Gasteiger partial charge is 0.254 e. The Balaban J connectivity index is 2.58. The van der Waals surface area contributed by atoms with Crippen LogP contribution in [0.4, 0.5) is 0 Å². The summed E-state index contributed by atoms with van der Waals surface area (Å²) in [6.07, 6.45) is 0.261. The Morgan fingerprint density at radius 3 is 2.73 bits per heavy atom. The van der Waals surface area contributed by atoms with Gasteiger partial charge in [-0.1, -0.05) is 24.3 Å². The van der Waals surface area contributed by atoms with E-state index in [1.807, 2.05) is 12.1 Å². The van der Waals surface area contributed by atoms with Crippen LogP contribution in [0.25, 0.3) is 0 Å². The number of rotatable bonds is 1. The number of aliphatic hydroxyl groups excluding tert-OH is 1. The number of allylic oxidation sites excluding steroid dienone is 1. The largest absolute Gasteiger partial charge is 0.511 e. The highest BCUT2D eigenvalue weighted by Crippen LogP contribution is 2.24. The Kier molecular flexibility index (Phi) is 2.04. The lowest BCUT2D eigenvalue weighted by molar-refractivity contribution is -0.114. The van der Waals surface area contributed by atoms with Crippen molar-refractivity contribution in [3.8, 4) is 0 Å². The van der Waals surface area contributed by atoms with E-state index in [1.165, 1.54) is 0 Å². The van der Waals surface area contributed by atoms with Crippen molar-refractivity contribution in [1.29, 1.82) is 5.41 Å². The SMILES string of the molecule is N=C1C(C(N)=O)=C(O)Cc2ccccc21. The maximum atomic E-state index is 11.0. The van der Waals surface area contributed by atoms with Crippen LogP contribution in [0.5, 0.6) is 0 Å². The topological polar surface area (TPSA) is 87.2 Å². The summed E-state index contributed by atoms with van der Waals surface area (Å²) in [4.78, 5) is 11.0. The van der Waals surface area contributed by atoms with Crippen molar-refractivity contribution in [2.45, 2.75) is 6.42 Å². The van der Waals surface area contributed by atoms with Crippen LogP contribution in [0.3, 0.4) is 0 Å². The predicted octanol–water partition coefficient (Wildman–Crippen LogP) is 0.908. The van der Waals surface area contributed by atoms with Gasteiger partial charge in [0, 0.05) is 12.0 Å². The summed E-state index contributed by atoms with van der Waals surface area (Å²) in [6.45, 7) is 0. The van der Waals surface area contributed by atoms with Gasteiger partial charge in [-0.25, -0.2) is 0 Å². The maximum Gasteiger partial charge on any atom is 0.254 e. The summed E-state index contributed by atoms with van der Waals surface area (Å²) in [7, 11) is 0. The second kappa shape index (κ2) is 3.24. The highest BCUT2D eigenvalue weighted by atomic mass is 16.3. The number of hydrogen-bond acceptors (Lipinski definition) is 3. The van der Waals surface area contributed by atoms with Crippen LogP contribution in [0.15, 0.2) is 35.6 Å². The van der Waals surface area contributed by atoms with Gasteiger partial charge in [-0.15, -0.1) is 0 Å². The summed E-state index contributed by atoms with van der Waals surface area (Å²) in [5.41, 5.74) is 6.53. The Hall–Kier alpha value is -2.10. The van der Waals surface area contributed by atoms with Crippen LogP contribution >= 0.6 is 0 Å². The third-order valence-electron chi connectivity index (χ3n) is 2.43. The number of nitrogens with two attached hydrogens (primary N) is 1. The Morgan fingerprint density at radius 1 is 1.40 bits per heavy atom. The zero-order chi connectivity index (χ0) is 11.0. The number of aliphatic hydroxyl groups is 1. The molecular weight excluding hydrogens is 192 g/mol. The summed E-state index contributed by atoms with van der Waals surface area (Å²) in [5, 5.41) is 17.4. The molecule has 0 heterocycles. The van der Waals surface area contributed by atoms with E-state index in [-0.39, 0.29) is 23.5 Å². The molecule has 0 bridgehead atoms. The molecule has 0 spiro atoms. The van der Waals surface area contributed by atoms with E-state index in [0.717, 1.165) is 5.56 Å². The van der Waals surface area contributed by atoms with Crippen molar-refractivity contribution in [3.05, 3.63) is 46.7 Å². The van der Waals surface area contributed by atoms with Crippen LogP contribution in [-0.2, 0) is 11.2 Å². The molecule has 0 radical (unpaired) electrons. The normalized spacial score (nSPS) is 15.1. The van der Waals surface area contributed by atoms with E-state index in [0.29, 0.717) is 5.56 Å². The number of nitrogens with one attached hydrogen (secondary N) is 1. The molecule has 2 rings (SSSR count). The lowest BCUT2D eigenvalue weighted by Gasteiger charge is -2.18. The quantitative estimate of drug-likeness (QED) is 0.632. The highest BCUT2D eigenvalue weighted by Gasteiger charge is 2.25. The minimum absolute atomic E-state index is 0.00171. The van der Waals surface area contributed by atoms with E-state index >= 15 is 0 Å². The molecule has 0 unspecified atom stereocenters. The molecule has 4 heteroatoms. The van der Waals surface area contributed by atoms with Gasteiger partial charge in [0.2, 0.25) is 0 Å². The summed E-state index contributed by atoms with van der Waals surface area (Å²) >= 11 is 0. The van der Waals surface area contributed by atoms with Crippen LogP contribution in [-0.4, -0.2) is 16.7 Å². The third kappa shape index (κ3) is 1.40. The van der Waals surface area contributed by atoms with Gasteiger partial charge in [-0.3, -0.25) is 10.2 Å². The van der Waals surface area contributed by atoms with E-state index in [4.69, 9.17) is 11.1 Å². The lowest BCUT2D eigenvalue weighted by Crippen LogP contribution is -2.27. The Labute approximate surface area is 86.5 Å². The molecule has 1 aromatic rings. The lowest BCUT2D eigenvalue weighted by atomic mass is 9.88. The van der Waals surface area contributed by atoms with Crippen LogP contribution in [0.2, 0.25) is 0 Å². The van der Waals surface area contributed by atoms with Crippen molar-refractivity contribution in [2.75, 3.05) is 0 Å². The molecule has 76 valence electrons. The molecule has 0 aromatic heterocycles. The number of carbonyl (C=O) groups is 1. The summed E-state index contributed by atoms with van der Waals surface area (Å²) in [5.74, 6) is -0.877. The molecule has 15 heavy (non-hydrogen) atoms. The molecule has 0 saturated carbocycles. The molecule has 1 aliphatic carbocycles. The van der Waals surface area contributed by atoms with Crippen molar-refractivity contribution in [3.63, 3.8) is 0 Å². The fourth-order valence-corrected chi connectivity index (χ4v) is 1.73. The first kappa shape index (κ1) is 9.45. The second-order valence-electron chi connectivity index (χ2n) is 3.39. The number of primary amides is 1. The van der Waals surface area contributed by atoms with Gasteiger partial charge in [-0.05, 0) is 5.56 Å². The Morgan fingerprint density at radius 2 is 2.07 bits per heavy atom. The highest BCUT2D eigenvalue weighted by molar-refractivity contribution is 6.28. The van der Waals surface area contributed by atoms with Gasteiger partial charge in [0.25, 0.3) is 5.91 Å². The number of amides is 1. The minimum atomic E-state index is -0.757. The first-order chi connectivity index (χ1) is 7.11. The second-order valence-corrected chi connectivity index (χ2v) is 3.39. The van der Waals surface area contributed by atoms with Crippen molar-refractivity contribution in [1.82, 2.24) is 0 Å². The van der Waals surface area contributed by atoms with Crippen molar-refractivity contribution >= 4 is 11.6 Å². The van der Waals surface area contributed by atoms with Crippen LogP contribution in [0.1, 0.15) is 11.1 Å². The molecule has 0 saturated heterocycles. The molecule has 0 aliphatic heterocycles. The minimum Gasteiger partial charge on any atom is -0.511 e. The number of fused-ring (bicyclic) bond motifs is 1. The maximum absolute atomic E-state index is 11.0. The first-order valence-corrected chi connectivity index (χ1v) is 4.50. The molecule has 0 fully saturated rings. The number of hydrogen-bond donors (Lipinski definition) is 3. The molecule has 4 N–H and O–H groups in total.